The second-order valence-electron chi connectivity index (χ2n) is 13.4. The van der Waals surface area contributed by atoms with Crippen LogP contribution in [-0.2, 0) is 44.8 Å². The van der Waals surface area contributed by atoms with Gasteiger partial charge in [0.2, 0.25) is 0 Å². The Morgan fingerprint density at radius 3 is 0.471 bits per heavy atom. The Morgan fingerprint density at radius 1 is 0.300 bits per heavy atom. The molecule has 8 heterocycles. The molecule has 0 unspecified atom stereocenters. The molecule has 8 rings (SSSR count). The predicted octanol–water partition coefficient (Wildman–Crippen LogP) is 12.1. The van der Waals surface area contributed by atoms with Crippen molar-refractivity contribution in [3.8, 4) is 12.1 Å². The first-order chi connectivity index (χ1) is 32.7. The molecule has 10 nitrogen and oxygen atoms in total. The third-order valence-corrected chi connectivity index (χ3v) is 8.72. The predicted molar refractivity (Wildman–Crippen MR) is 244 cm³/mol. The zero-order valence-corrected chi connectivity index (χ0v) is 40.0. The molecule has 0 N–H and O–H groups in total. The van der Waals surface area contributed by atoms with Gasteiger partial charge < -0.3 is 34.5 Å². The summed E-state index contributed by atoms with van der Waals surface area (Å²) in [7, 11) is -12.0. The molecule has 0 aliphatic carbocycles. The number of pyridine rings is 8. The van der Waals surface area contributed by atoms with Crippen molar-refractivity contribution >= 4 is 14.5 Å². The van der Waals surface area contributed by atoms with E-state index in [0.29, 0.717) is 0 Å². The molecule has 0 aliphatic heterocycles. The van der Waals surface area contributed by atoms with Gasteiger partial charge >= 0.3 is 59.3 Å². The Balaban J connectivity index is 0.000000525. The van der Waals surface area contributed by atoms with Gasteiger partial charge in [-0.3, -0.25) is 39.9 Å². The topological polar surface area (TPSA) is 151 Å². The SMILES string of the molecule is CC#N.CC#N.F[B-](F)(F)F.F[B-](F)(F)F.[Ag+].[Ag+].c1ccc(C(c2ccccn2)C(c2ccccn2)c2ccccn2)nc1.c1ccc(C(c2ccccn2)C(c2ccccn2)c2ccccn2)nc1. The van der Waals surface area contributed by atoms with Crippen LogP contribution >= 0.6 is 0 Å². The quantitative estimate of drug-likeness (QED) is 0.0956. The van der Waals surface area contributed by atoms with E-state index in [1.807, 2.05) is 195 Å². The van der Waals surface area contributed by atoms with Crippen LogP contribution in [0.3, 0.4) is 0 Å². The van der Waals surface area contributed by atoms with Crippen LogP contribution in [0.15, 0.2) is 195 Å². The zero-order chi connectivity index (χ0) is 49.6. The van der Waals surface area contributed by atoms with Crippen molar-refractivity contribution in [3.63, 3.8) is 0 Å². The van der Waals surface area contributed by atoms with E-state index < -0.39 is 14.5 Å². The Hall–Kier alpha value is -6.77. The van der Waals surface area contributed by atoms with Crippen molar-refractivity contribution in [2.75, 3.05) is 0 Å². The summed E-state index contributed by atoms with van der Waals surface area (Å²) in [5.41, 5.74) is 7.61. The molecule has 0 spiro atoms. The molecule has 0 saturated carbocycles. The normalized spacial score (nSPS) is 10.1. The van der Waals surface area contributed by atoms with Gasteiger partial charge in [-0.15, -0.1) is 0 Å². The van der Waals surface area contributed by atoms with Crippen LogP contribution < -0.4 is 0 Å². The molecule has 8 aromatic heterocycles. The van der Waals surface area contributed by atoms with Gasteiger partial charge in [-0.05, 0) is 97.1 Å². The first-order valence-electron chi connectivity index (χ1n) is 20.3. The standard InChI is InChI=1S/2C22H18N4.2C2H3N.2Ag.2BF4/c2*1-5-13-23-17(9-1)21(18-10-2-6-14-24-18)22(19-11-3-7-15-25-19)20-12-4-8-16-26-20;2*1-2-3;;;2*2-1(3,4)5/h2*1-16,21-22H;2*1H3;;;;/q;;;;2*+1;2*-1. The molecule has 70 heavy (non-hydrogen) atoms. The van der Waals surface area contributed by atoms with Gasteiger partial charge in [-0.25, -0.2) is 0 Å². The molecule has 0 radical (unpaired) electrons. The zero-order valence-electron chi connectivity index (χ0n) is 37.0. The van der Waals surface area contributed by atoms with Crippen molar-refractivity contribution in [2.45, 2.75) is 37.5 Å². The van der Waals surface area contributed by atoms with Crippen LogP contribution in [0.1, 0.15) is 83.1 Å². The molecule has 0 amide bonds. The van der Waals surface area contributed by atoms with E-state index in [4.69, 9.17) is 10.5 Å². The van der Waals surface area contributed by atoms with E-state index in [9.17, 15) is 34.5 Å². The average Bonchev–Trinajstić information content (AvgIpc) is 3.34. The number of nitriles is 2. The maximum absolute atomic E-state index is 9.75. The Morgan fingerprint density at radius 2 is 0.400 bits per heavy atom. The molecule has 0 aliphatic rings. The van der Waals surface area contributed by atoms with Crippen molar-refractivity contribution in [3.05, 3.63) is 241 Å². The monoisotopic (exact) mass is 1150 g/mol. The summed E-state index contributed by atoms with van der Waals surface area (Å²) in [5.74, 6) is -0.325. The Labute approximate surface area is 432 Å². The fourth-order valence-corrected chi connectivity index (χ4v) is 6.45. The van der Waals surface area contributed by atoms with Gasteiger partial charge in [0.1, 0.15) is 0 Å². The van der Waals surface area contributed by atoms with E-state index in [0.717, 1.165) is 45.6 Å². The smallest absolute Gasteiger partial charge is 0.418 e. The molecule has 0 saturated heterocycles. The van der Waals surface area contributed by atoms with Crippen molar-refractivity contribution in [1.29, 1.82) is 10.5 Å². The van der Waals surface area contributed by atoms with Gasteiger partial charge in [0.15, 0.2) is 0 Å². The van der Waals surface area contributed by atoms with Gasteiger partial charge in [0.05, 0.1) is 81.4 Å². The number of aromatic nitrogens is 8. The van der Waals surface area contributed by atoms with Crippen molar-refractivity contribution in [2.24, 2.45) is 0 Å². The van der Waals surface area contributed by atoms with E-state index in [2.05, 4.69) is 39.9 Å². The largest absolute Gasteiger partial charge is 1.00 e. The molecule has 0 fully saturated rings. The summed E-state index contributed by atoms with van der Waals surface area (Å²) in [6, 6.07) is 51.3. The summed E-state index contributed by atoms with van der Waals surface area (Å²) < 4.78 is 78.0. The Kier molecular flexibility index (Phi) is 29.5. The Bertz CT molecular complexity index is 2120. The number of rotatable bonds is 10. The maximum atomic E-state index is 9.75. The number of hydrogen-bond acceptors (Lipinski definition) is 10. The minimum Gasteiger partial charge on any atom is -0.418 e. The summed E-state index contributed by atoms with van der Waals surface area (Å²) in [5, 5.41) is 14.6. The van der Waals surface area contributed by atoms with Crippen LogP contribution in [0.4, 0.5) is 34.5 Å². The van der Waals surface area contributed by atoms with Gasteiger partial charge in [-0.2, -0.15) is 10.5 Å². The molecule has 368 valence electrons. The van der Waals surface area contributed by atoms with E-state index in [-0.39, 0.29) is 68.4 Å². The fourth-order valence-electron chi connectivity index (χ4n) is 6.45. The summed E-state index contributed by atoms with van der Waals surface area (Å²) in [6.07, 6.45) is 14.5. The third kappa shape index (κ3) is 23.5. The first kappa shape index (κ1) is 61.2. The molecule has 0 bridgehead atoms. The third-order valence-electron chi connectivity index (χ3n) is 8.72. The van der Waals surface area contributed by atoms with Crippen molar-refractivity contribution in [1.82, 2.24) is 39.9 Å². The van der Waals surface area contributed by atoms with Crippen LogP contribution in [0.25, 0.3) is 0 Å². The minimum atomic E-state index is -6.00. The van der Waals surface area contributed by atoms with E-state index in [1.54, 1.807) is 12.1 Å². The average molecular weight is 1150 g/mol. The number of halogens is 8. The van der Waals surface area contributed by atoms with Gasteiger partial charge in [0.25, 0.3) is 0 Å². The number of nitrogens with zero attached hydrogens (tertiary/aromatic N) is 10. The molecule has 0 aromatic carbocycles. The van der Waals surface area contributed by atoms with Crippen molar-refractivity contribution < 1.29 is 79.3 Å². The van der Waals surface area contributed by atoms with Crippen LogP contribution in [0, 0.1) is 22.7 Å². The van der Waals surface area contributed by atoms with Crippen LogP contribution in [0.5, 0.6) is 0 Å². The second-order valence-corrected chi connectivity index (χ2v) is 13.4. The minimum absolute atomic E-state index is 0. The van der Waals surface area contributed by atoms with Crippen LogP contribution in [-0.4, -0.2) is 54.4 Å². The molecule has 8 aromatic rings. The summed E-state index contributed by atoms with van der Waals surface area (Å²) in [4.78, 5) is 37.1. The molecule has 0 atom stereocenters. The fraction of sp³-hybridized carbons (Fsp3) is 0.125. The van der Waals surface area contributed by atoms with Crippen LogP contribution in [0.2, 0.25) is 0 Å². The van der Waals surface area contributed by atoms with E-state index in [1.165, 1.54) is 13.8 Å². The number of hydrogen-bond donors (Lipinski definition) is 0. The van der Waals surface area contributed by atoms with Gasteiger partial charge in [0, 0.05) is 63.4 Å². The molecule has 22 heteroatoms. The molecular weight excluding hydrogens is 1110 g/mol. The summed E-state index contributed by atoms with van der Waals surface area (Å²) >= 11 is 0. The maximum Gasteiger partial charge on any atom is 1.00 e. The molecular formula is C48H42Ag2B2F8N10. The summed E-state index contributed by atoms with van der Waals surface area (Å²) in [6.45, 7) is 2.86. The van der Waals surface area contributed by atoms with E-state index >= 15 is 0 Å². The second kappa shape index (κ2) is 33.7. The van der Waals surface area contributed by atoms with Gasteiger partial charge in [-0.1, -0.05) is 48.5 Å². The first-order valence-corrected chi connectivity index (χ1v) is 20.3.